The Labute approximate surface area is 215 Å². The first-order valence-electron chi connectivity index (χ1n) is 11.0. The van der Waals surface area contributed by atoms with E-state index in [1.807, 2.05) is 0 Å². The Morgan fingerprint density at radius 1 is 1.28 bits per heavy atom. The summed E-state index contributed by atoms with van der Waals surface area (Å²) in [4.78, 5) is 25.8. The molecule has 0 bridgehead atoms. The van der Waals surface area contributed by atoms with Gasteiger partial charge in [0.15, 0.2) is 0 Å². The lowest BCUT2D eigenvalue weighted by Gasteiger charge is -2.22. The molecule has 192 valence electrons. The molecule has 2 atom stereocenters. The predicted octanol–water partition coefficient (Wildman–Crippen LogP) is 3.68. The Morgan fingerprint density at radius 3 is 2.53 bits per heavy atom. The molecule has 1 unspecified atom stereocenters. The molecule has 0 spiro atoms. The van der Waals surface area contributed by atoms with E-state index in [2.05, 4.69) is 15.5 Å². The number of hydrogen-bond donors (Lipinski definition) is 2. The lowest BCUT2D eigenvalue weighted by atomic mass is 10.1. The molecule has 12 heteroatoms. The van der Waals surface area contributed by atoms with Crippen LogP contribution in [0.5, 0.6) is 0 Å². The number of aromatic nitrogens is 2. The fourth-order valence-corrected chi connectivity index (χ4v) is 4.65. The van der Waals surface area contributed by atoms with Gasteiger partial charge in [-0.3, -0.25) is 13.8 Å². The molecule has 0 aliphatic heterocycles. The van der Waals surface area contributed by atoms with E-state index in [9.17, 15) is 13.8 Å². The van der Waals surface area contributed by atoms with E-state index in [1.165, 1.54) is 11.0 Å². The molecular weight excluding hydrogens is 509 g/mol. The molecule has 1 heterocycles. The zero-order chi connectivity index (χ0) is 26.6. The Hall–Kier alpha value is -3.15. The maximum absolute atomic E-state index is 15.2. The first kappa shape index (κ1) is 27.4. The number of amides is 2. The zero-order valence-corrected chi connectivity index (χ0v) is 21.8. The van der Waals surface area contributed by atoms with Crippen molar-refractivity contribution in [3.05, 3.63) is 58.7 Å². The minimum absolute atomic E-state index is 0.0527. The van der Waals surface area contributed by atoms with E-state index in [4.69, 9.17) is 21.8 Å². The number of carbonyl (C=O) groups excluding carboxylic acids is 2. The van der Waals surface area contributed by atoms with Gasteiger partial charge in [0, 0.05) is 22.4 Å². The average Bonchev–Trinajstić information content (AvgIpc) is 3.27. The summed E-state index contributed by atoms with van der Waals surface area (Å²) < 4.78 is 33.7. The molecule has 2 aromatic carbocycles. The van der Waals surface area contributed by atoms with Gasteiger partial charge in [0.2, 0.25) is 6.41 Å². The Kier molecular flexibility index (Phi) is 8.59. The molecule has 0 radical (unpaired) electrons. The van der Waals surface area contributed by atoms with E-state index >= 15 is 4.39 Å². The largest absolute Gasteiger partial charge is 0.412 e. The van der Waals surface area contributed by atoms with Crippen molar-refractivity contribution < 1.29 is 22.6 Å². The van der Waals surface area contributed by atoms with Gasteiger partial charge in [0.25, 0.3) is 5.89 Å². The van der Waals surface area contributed by atoms with Crippen LogP contribution in [0.25, 0.3) is 11.5 Å². The molecule has 3 N–H and O–H groups in total. The second-order valence-electron chi connectivity index (χ2n) is 9.27. The Bertz CT molecular complexity index is 1270. The number of benzene rings is 2. The zero-order valence-electron chi connectivity index (χ0n) is 20.2. The molecule has 0 fully saturated rings. The van der Waals surface area contributed by atoms with E-state index < -0.39 is 34.1 Å². The second kappa shape index (κ2) is 11.3. The minimum atomic E-state index is -1.71. The highest BCUT2D eigenvalue weighted by molar-refractivity contribution is 7.85. The SMILES string of the molecule is C[C@@H](N)CS(=O)c1cc(F)c(-c2nnc(C(=O)NC(C)(C)C)o2)cc1N(C=O)Cc1ccc(Cl)cc1. The number of nitrogens with zero attached hydrogens (tertiary/aromatic N) is 3. The van der Waals surface area contributed by atoms with Crippen LogP contribution in [0.4, 0.5) is 10.1 Å². The van der Waals surface area contributed by atoms with Crippen LogP contribution in [0.3, 0.4) is 0 Å². The number of anilines is 1. The molecule has 0 saturated heterocycles. The molecule has 3 rings (SSSR count). The van der Waals surface area contributed by atoms with Crippen LogP contribution >= 0.6 is 11.6 Å². The van der Waals surface area contributed by atoms with Crippen LogP contribution in [-0.4, -0.2) is 44.1 Å². The van der Waals surface area contributed by atoms with Crippen molar-refractivity contribution in [1.82, 2.24) is 15.5 Å². The third kappa shape index (κ3) is 6.96. The maximum atomic E-state index is 15.2. The average molecular weight is 536 g/mol. The molecule has 1 aromatic heterocycles. The van der Waals surface area contributed by atoms with Gasteiger partial charge in [-0.1, -0.05) is 23.7 Å². The summed E-state index contributed by atoms with van der Waals surface area (Å²) in [6.07, 6.45) is 0.550. The van der Waals surface area contributed by atoms with Crippen LogP contribution in [-0.2, 0) is 22.1 Å². The van der Waals surface area contributed by atoms with Gasteiger partial charge in [-0.25, -0.2) is 4.39 Å². The summed E-state index contributed by atoms with van der Waals surface area (Å²) in [5.41, 5.74) is 6.01. The van der Waals surface area contributed by atoms with Gasteiger partial charge in [0.05, 0.1) is 33.5 Å². The van der Waals surface area contributed by atoms with Gasteiger partial charge in [-0.15, -0.1) is 10.2 Å². The summed E-state index contributed by atoms with van der Waals surface area (Å²) in [5, 5.41) is 10.7. The van der Waals surface area contributed by atoms with Crippen molar-refractivity contribution in [3.63, 3.8) is 0 Å². The summed E-state index contributed by atoms with van der Waals surface area (Å²) in [6.45, 7) is 7.12. The van der Waals surface area contributed by atoms with E-state index in [0.717, 1.165) is 11.6 Å². The predicted molar refractivity (Wildman–Crippen MR) is 136 cm³/mol. The number of carbonyl (C=O) groups is 2. The molecule has 36 heavy (non-hydrogen) atoms. The monoisotopic (exact) mass is 535 g/mol. The number of halogens is 2. The first-order chi connectivity index (χ1) is 16.9. The molecular formula is C24H27ClFN5O4S. The number of nitrogens with two attached hydrogens (primary N) is 1. The van der Waals surface area contributed by atoms with E-state index in [1.54, 1.807) is 52.0 Å². The molecule has 3 aromatic rings. The highest BCUT2D eigenvalue weighted by atomic mass is 35.5. The molecule has 0 aliphatic carbocycles. The third-order valence-corrected chi connectivity index (χ3v) is 6.65. The fraction of sp³-hybridized carbons (Fsp3) is 0.333. The highest BCUT2D eigenvalue weighted by Crippen LogP contribution is 2.33. The summed E-state index contributed by atoms with van der Waals surface area (Å²) in [5.74, 6) is -1.99. The van der Waals surface area contributed by atoms with Crippen LogP contribution in [0, 0.1) is 5.82 Å². The van der Waals surface area contributed by atoms with Crippen molar-refractivity contribution in [2.75, 3.05) is 10.7 Å². The first-order valence-corrected chi connectivity index (χ1v) is 12.7. The van der Waals surface area contributed by atoms with Gasteiger partial charge < -0.3 is 20.4 Å². The third-order valence-electron chi connectivity index (χ3n) is 4.75. The maximum Gasteiger partial charge on any atom is 0.309 e. The van der Waals surface area contributed by atoms with Gasteiger partial charge >= 0.3 is 11.8 Å². The summed E-state index contributed by atoms with van der Waals surface area (Å²) >= 11 is 5.95. The molecule has 9 nitrogen and oxygen atoms in total. The van der Waals surface area contributed by atoms with Crippen molar-refractivity contribution >= 4 is 40.4 Å². The summed E-state index contributed by atoms with van der Waals surface area (Å²) in [6, 6.07) is 8.75. The summed E-state index contributed by atoms with van der Waals surface area (Å²) in [7, 11) is -1.71. The van der Waals surface area contributed by atoms with Crippen molar-refractivity contribution in [2.24, 2.45) is 5.73 Å². The quantitative estimate of drug-likeness (QED) is 0.399. The van der Waals surface area contributed by atoms with E-state index in [-0.39, 0.29) is 40.2 Å². The van der Waals surface area contributed by atoms with Crippen LogP contribution in [0.15, 0.2) is 45.7 Å². The standard InChI is InChI=1S/C24H27ClFN5O4S/c1-14(27)12-36(34)20-10-18(26)17(22-29-30-23(35-22)21(33)28-24(2,3)4)9-19(20)31(13-32)11-15-5-7-16(25)8-6-15/h5-10,13-14H,11-12,27H2,1-4H3,(H,28,33)/t14-,36?/m1/s1. The second-order valence-corrected chi connectivity index (χ2v) is 11.2. The number of nitrogens with one attached hydrogen (secondary N) is 1. The molecule has 0 aliphatic rings. The number of hydrogen-bond acceptors (Lipinski definition) is 7. The Balaban J connectivity index is 2.06. The van der Waals surface area contributed by atoms with E-state index in [0.29, 0.717) is 11.4 Å². The van der Waals surface area contributed by atoms with Crippen molar-refractivity contribution in [3.8, 4) is 11.5 Å². The van der Waals surface area contributed by atoms with Gasteiger partial charge in [-0.2, -0.15) is 0 Å². The van der Waals surface area contributed by atoms with Crippen molar-refractivity contribution in [1.29, 1.82) is 0 Å². The van der Waals surface area contributed by atoms with Crippen LogP contribution in [0.2, 0.25) is 5.02 Å². The Morgan fingerprint density at radius 2 is 1.94 bits per heavy atom. The topological polar surface area (TPSA) is 131 Å². The highest BCUT2D eigenvalue weighted by Gasteiger charge is 2.25. The fourth-order valence-electron chi connectivity index (χ4n) is 3.23. The van der Waals surface area contributed by atoms with Crippen LogP contribution in [0.1, 0.15) is 43.9 Å². The molecule has 0 saturated carbocycles. The van der Waals surface area contributed by atoms with Gasteiger partial charge in [0.1, 0.15) is 5.82 Å². The van der Waals surface area contributed by atoms with Gasteiger partial charge in [-0.05, 0) is 57.5 Å². The lowest BCUT2D eigenvalue weighted by Crippen LogP contribution is -2.40. The molecule has 2 amide bonds. The normalized spacial score (nSPS) is 13.2. The number of rotatable bonds is 9. The smallest absolute Gasteiger partial charge is 0.309 e. The lowest BCUT2D eigenvalue weighted by molar-refractivity contribution is -0.107. The minimum Gasteiger partial charge on any atom is -0.412 e. The van der Waals surface area contributed by atoms with Crippen LogP contribution < -0.4 is 16.0 Å². The van der Waals surface area contributed by atoms with Crippen molar-refractivity contribution in [2.45, 2.75) is 50.7 Å².